The second-order valence-electron chi connectivity index (χ2n) is 12.4. The maximum atomic E-state index is 12.6. The van der Waals surface area contributed by atoms with Crippen LogP contribution in [0.3, 0.4) is 0 Å². The molecule has 0 aliphatic heterocycles. The van der Waals surface area contributed by atoms with Gasteiger partial charge in [-0.15, -0.1) is 0 Å². The third kappa shape index (κ3) is 15.7. The molecule has 336 valence electrons. The summed E-state index contributed by atoms with van der Waals surface area (Å²) in [5.74, 6) is 1.48. The second kappa shape index (κ2) is 26.1. The van der Waals surface area contributed by atoms with E-state index in [4.69, 9.17) is 35.8 Å². The van der Waals surface area contributed by atoms with E-state index < -0.39 is 18.1 Å². The number of aromatic amines is 1. The minimum absolute atomic E-state index is 0.0241. The number of ether oxygens (including phenoxy) is 2. The van der Waals surface area contributed by atoms with Gasteiger partial charge in [0, 0.05) is 35.5 Å². The van der Waals surface area contributed by atoms with Gasteiger partial charge in [0.2, 0.25) is 0 Å². The first-order valence-electron chi connectivity index (χ1n) is 17.9. The van der Waals surface area contributed by atoms with E-state index in [1.54, 1.807) is 24.7 Å². The summed E-state index contributed by atoms with van der Waals surface area (Å²) in [6.45, 7) is 10.4. The summed E-state index contributed by atoms with van der Waals surface area (Å²) in [5.41, 5.74) is 5.29. The average molecular weight is 1630 g/mol. The summed E-state index contributed by atoms with van der Waals surface area (Å²) in [6.07, 6.45) is 3.25. The molecule has 4 aromatic heterocycles. The van der Waals surface area contributed by atoms with Crippen LogP contribution < -0.4 is 28.3 Å². The first-order chi connectivity index (χ1) is 28.7. The third-order valence-corrected chi connectivity index (χ3v) is 10.9. The summed E-state index contributed by atoms with van der Waals surface area (Å²) in [6, 6.07) is 8.62. The first-order valence-corrected chi connectivity index (χ1v) is 48.6. The van der Waals surface area contributed by atoms with Crippen LogP contribution in [0.4, 0.5) is 0 Å². The molecule has 4 heterocycles. The average Bonchev–Trinajstić information content (AvgIpc) is 3.66. The molecule has 0 aliphatic rings. The molecule has 6 aromatic rings. The molecule has 0 aliphatic carbocycles. The zero-order valence-corrected chi connectivity index (χ0v) is 51.0. The van der Waals surface area contributed by atoms with Gasteiger partial charge in [-0.25, -0.2) is 31.8 Å². The molecule has 2 aromatic carbocycles. The number of hydrogen-bond donors (Lipinski definition) is 1. The van der Waals surface area contributed by atoms with Crippen molar-refractivity contribution in [3.05, 3.63) is 63.8 Å². The topological polar surface area (TPSA) is 194 Å². The van der Waals surface area contributed by atoms with E-state index in [2.05, 4.69) is 129 Å². The van der Waals surface area contributed by atoms with Crippen LogP contribution in [0.5, 0.6) is 11.5 Å². The van der Waals surface area contributed by atoms with Crippen LogP contribution in [0.1, 0.15) is 57.6 Å². The van der Waals surface area contributed by atoms with Crippen LogP contribution in [-0.4, -0.2) is 69.5 Å². The molecule has 1 N–H and O–H groups in total. The fourth-order valence-corrected chi connectivity index (χ4v) is 7.54. The Balaban J connectivity index is 0.000000282. The van der Waals surface area contributed by atoms with Crippen LogP contribution in [-0.2, 0) is 50.0 Å². The van der Waals surface area contributed by atoms with Gasteiger partial charge in [-0.3, -0.25) is 14.2 Å². The molecule has 0 atom stereocenters. The molecule has 0 unspecified atom stereocenters. The van der Waals surface area contributed by atoms with Gasteiger partial charge >= 0.3 is 115 Å². The number of nitrogens with zero attached hydrogens (tertiary/aromatic N) is 7. The van der Waals surface area contributed by atoms with E-state index in [1.807, 2.05) is 27.8 Å². The van der Waals surface area contributed by atoms with Crippen molar-refractivity contribution >= 4 is 159 Å². The molecule has 0 amide bonds. The summed E-state index contributed by atoms with van der Waals surface area (Å²) in [5, 5.41) is 8.93. The molecule has 0 saturated heterocycles. The zero-order valence-electron chi connectivity index (χ0n) is 33.5. The third-order valence-electron chi connectivity index (χ3n) is 8.22. The minimum atomic E-state index is -3.95. The fraction of sp³-hybridized carbons (Fsp3) is 0.371. The number of fused-ring (bicyclic) bond motifs is 2. The normalized spacial score (nSPS) is 11.5. The molecule has 26 heteroatoms. The number of benzene rings is 2. The van der Waals surface area contributed by atoms with Crippen molar-refractivity contribution in [3.63, 3.8) is 0 Å². The van der Waals surface area contributed by atoms with Gasteiger partial charge < -0.3 is 14.5 Å². The van der Waals surface area contributed by atoms with Crippen LogP contribution in [0.2, 0.25) is 0 Å². The van der Waals surface area contributed by atoms with Crippen LogP contribution in [0.15, 0.2) is 51.0 Å². The van der Waals surface area contributed by atoms with Gasteiger partial charge in [0.05, 0.1) is 51.2 Å². The van der Waals surface area contributed by atoms with Crippen molar-refractivity contribution in [2.75, 3.05) is 13.2 Å². The van der Waals surface area contributed by atoms with E-state index in [9.17, 15) is 21.6 Å². The van der Waals surface area contributed by atoms with Gasteiger partial charge in [0.15, 0.2) is 11.3 Å². The number of H-pyrrole nitrogens is 1. The van der Waals surface area contributed by atoms with Crippen molar-refractivity contribution in [1.82, 2.24) is 39.5 Å². The summed E-state index contributed by atoms with van der Waals surface area (Å²) in [7, 11) is 6.70. The molecular formula is C35H40Cl2I6N8O7S2V-. The summed E-state index contributed by atoms with van der Waals surface area (Å²) < 4.78 is 61.5. The molecule has 0 saturated carbocycles. The van der Waals surface area contributed by atoms with Gasteiger partial charge in [0.1, 0.15) is 33.9 Å². The van der Waals surface area contributed by atoms with Gasteiger partial charge in [-0.1, -0.05) is 26.7 Å². The molecule has 0 radical (unpaired) electrons. The Morgan fingerprint density at radius 3 is 1.61 bits per heavy atom. The quantitative estimate of drug-likeness (QED) is 0.0931. The van der Waals surface area contributed by atoms with E-state index in [-0.39, 0.29) is 26.1 Å². The van der Waals surface area contributed by atoms with Crippen molar-refractivity contribution in [3.8, 4) is 34.3 Å². The molecule has 15 nitrogen and oxygen atoms in total. The standard InChI is InChI=1S/C18H21ClN4O3S.C17H19ClN4O4S.I3.3HI.V/c1-5-7-14-16-17(23(4)22-14)11(3)20-18(21-16)13-10-12(27(19,24)25)8-9-15(13)26-6-2;1-4-6-12-14-15(22(3)21-12)17(23)20-16(19-14)11-9-10(27(18,24)25)7-8-13(11)26-5-2;1-3-2;;;;/h8-10H,5-7H2,1-4H3;7-9H,4-6H2,1-3H3,(H,19,20,23);;3*1H;/q;;-1;;;;+3/p-3. The number of hydrogen-bond acceptors (Lipinski definition) is 12. The van der Waals surface area contributed by atoms with E-state index >= 15 is 0 Å². The predicted molar refractivity (Wildman–Crippen MR) is 278 cm³/mol. The predicted octanol–water partition coefficient (Wildman–Crippen LogP) is 7.65. The number of rotatable bonds is 12. The molecule has 0 fully saturated rings. The summed E-state index contributed by atoms with van der Waals surface area (Å²) >= 11 is 12.7. The summed E-state index contributed by atoms with van der Waals surface area (Å²) in [4.78, 5) is 28.7. The number of aryl methyl sites for hydroxylation is 5. The van der Waals surface area contributed by atoms with Gasteiger partial charge in [0.25, 0.3) is 23.7 Å². The Hall–Kier alpha value is 0.384. The van der Waals surface area contributed by atoms with Crippen molar-refractivity contribution in [2.45, 2.75) is 70.1 Å². The molecule has 0 bridgehead atoms. The molecular weight excluding hydrogens is 1590 g/mol. The zero-order chi connectivity index (χ0) is 45.8. The second-order valence-corrected chi connectivity index (χ2v) is 69.1. The Kier molecular flexibility index (Phi) is 23.8. The maximum absolute atomic E-state index is 12.6. The number of halogens is 8. The Morgan fingerprint density at radius 2 is 1.16 bits per heavy atom. The van der Waals surface area contributed by atoms with E-state index in [0.717, 1.165) is 41.7 Å². The van der Waals surface area contributed by atoms with Crippen LogP contribution in [0, 0.1) is 6.92 Å². The fourth-order valence-electron chi connectivity index (χ4n) is 5.98. The van der Waals surface area contributed by atoms with Gasteiger partial charge in [-0.2, -0.15) is 10.2 Å². The van der Waals surface area contributed by atoms with Crippen molar-refractivity contribution in [2.24, 2.45) is 14.1 Å². The van der Waals surface area contributed by atoms with Crippen LogP contribution in [0.25, 0.3) is 44.8 Å². The number of nitrogens with one attached hydrogen (secondary N) is 1. The molecule has 61 heavy (non-hydrogen) atoms. The molecule has 0 spiro atoms. The Bertz CT molecular complexity index is 2740. The molecule has 6 rings (SSSR count). The Labute approximate surface area is 431 Å². The van der Waals surface area contributed by atoms with Crippen molar-refractivity contribution in [1.29, 1.82) is 0 Å². The van der Waals surface area contributed by atoms with Gasteiger partial charge in [-0.05, 0) is 70.0 Å². The number of aromatic nitrogens is 8. The monoisotopic (exact) mass is 1630 g/mol. The first kappa shape index (κ1) is 55.7. The van der Waals surface area contributed by atoms with Crippen LogP contribution >= 0.6 is 119 Å². The van der Waals surface area contributed by atoms with Crippen molar-refractivity contribution < 1.29 is 44.5 Å². The van der Waals surface area contributed by atoms with E-state index in [0.29, 0.717) is 78.1 Å². The Morgan fingerprint density at radius 1 is 0.738 bits per heavy atom. The van der Waals surface area contributed by atoms with E-state index in [1.165, 1.54) is 35.0 Å². The SMILES string of the molecule is CCCc1nn(C)c2c(=O)[nH]c(-c3cc(S(=O)(=O)Cl)ccc3OCC)nc12.CCCc1nn(C)c2c(C)nc(-c3cc(S(=O)(=O)Cl)ccc3OCC)nc12.I[I-]I.[I][V]([I])[I].